The molecule has 0 saturated carbocycles. The van der Waals surface area contributed by atoms with Crippen molar-refractivity contribution in [2.24, 2.45) is 0 Å². The molecular weight excluding hydrogens is 246 g/mol. The number of nitrogens with one attached hydrogen (secondary N) is 1. The van der Waals surface area contributed by atoms with Crippen molar-refractivity contribution in [1.29, 1.82) is 0 Å². The molecular formula is C10H8ClN3OS. The molecule has 2 aromatic rings. The van der Waals surface area contributed by atoms with Gasteiger partial charge in [-0.1, -0.05) is 11.6 Å². The third-order valence-electron chi connectivity index (χ3n) is 1.87. The largest absolute Gasteiger partial charge is 0.347 e. The van der Waals surface area contributed by atoms with Gasteiger partial charge >= 0.3 is 0 Å². The molecule has 2 aromatic heterocycles. The first-order chi connectivity index (χ1) is 7.75. The average molecular weight is 254 g/mol. The van der Waals surface area contributed by atoms with Crippen molar-refractivity contribution in [3.63, 3.8) is 0 Å². The Morgan fingerprint density at radius 1 is 1.50 bits per heavy atom. The van der Waals surface area contributed by atoms with E-state index in [1.54, 1.807) is 24.5 Å². The number of hydrogen-bond donors (Lipinski definition) is 1. The van der Waals surface area contributed by atoms with E-state index in [-0.39, 0.29) is 5.91 Å². The standard InChI is InChI=1S/C10H8ClN3OS/c11-10-14-6-8(16-10)5-13-9(15)7-2-1-3-12-4-7/h1-4,6H,5H2,(H,13,15). The van der Waals surface area contributed by atoms with Crippen LogP contribution in [0.4, 0.5) is 0 Å². The average Bonchev–Trinajstić information content (AvgIpc) is 2.73. The second-order valence-corrected chi connectivity index (χ2v) is 4.70. The summed E-state index contributed by atoms with van der Waals surface area (Å²) < 4.78 is 0.477. The second kappa shape index (κ2) is 5.05. The molecule has 16 heavy (non-hydrogen) atoms. The Hall–Kier alpha value is -1.46. The smallest absolute Gasteiger partial charge is 0.253 e. The van der Waals surface area contributed by atoms with Crippen molar-refractivity contribution < 1.29 is 4.79 Å². The van der Waals surface area contributed by atoms with E-state index in [4.69, 9.17) is 11.6 Å². The van der Waals surface area contributed by atoms with Crippen molar-refractivity contribution in [3.8, 4) is 0 Å². The molecule has 0 bridgehead atoms. The normalized spacial score (nSPS) is 10.1. The number of aromatic nitrogens is 2. The van der Waals surface area contributed by atoms with Gasteiger partial charge in [0.2, 0.25) is 0 Å². The van der Waals surface area contributed by atoms with Gasteiger partial charge in [-0.25, -0.2) is 4.98 Å². The zero-order valence-corrected chi connectivity index (χ0v) is 9.76. The van der Waals surface area contributed by atoms with E-state index in [0.29, 0.717) is 16.6 Å². The lowest BCUT2D eigenvalue weighted by Gasteiger charge is -2.01. The van der Waals surface area contributed by atoms with Crippen LogP contribution in [-0.4, -0.2) is 15.9 Å². The van der Waals surface area contributed by atoms with Gasteiger partial charge < -0.3 is 5.32 Å². The molecule has 0 unspecified atom stereocenters. The predicted octanol–water partition coefficient (Wildman–Crippen LogP) is 2.12. The summed E-state index contributed by atoms with van der Waals surface area (Å²) in [5, 5.41) is 2.76. The van der Waals surface area contributed by atoms with Gasteiger partial charge in [-0.15, -0.1) is 11.3 Å². The summed E-state index contributed by atoms with van der Waals surface area (Å²) in [6, 6.07) is 3.43. The quantitative estimate of drug-likeness (QED) is 0.912. The van der Waals surface area contributed by atoms with Crippen molar-refractivity contribution in [3.05, 3.63) is 45.6 Å². The predicted molar refractivity (Wildman–Crippen MR) is 62.5 cm³/mol. The van der Waals surface area contributed by atoms with E-state index in [1.165, 1.54) is 17.5 Å². The van der Waals surface area contributed by atoms with E-state index in [0.717, 1.165) is 4.88 Å². The Kier molecular flexibility index (Phi) is 3.48. The minimum atomic E-state index is -0.155. The molecule has 0 aliphatic heterocycles. The molecule has 0 spiro atoms. The molecule has 1 amide bonds. The van der Waals surface area contributed by atoms with Gasteiger partial charge in [0.25, 0.3) is 5.91 Å². The fraction of sp³-hybridized carbons (Fsp3) is 0.100. The van der Waals surface area contributed by atoms with E-state index in [1.807, 2.05) is 0 Å². The first kappa shape index (κ1) is 11.0. The molecule has 1 N–H and O–H groups in total. The van der Waals surface area contributed by atoms with Crippen LogP contribution in [0, 0.1) is 0 Å². The van der Waals surface area contributed by atoms with E-state index in [9.17, 15) is 4.79 Å². The Labute approximate surface area is 101 Å². The van der Waals surface area contributed by atoms with Crippen LogP contribution in [-0.2, 0) is 6.54 Å². The third-order valence-corrected chi connectivity index (χ3v) is 2.99. The molecule has 0 radical (unpaired) electrons. The molecule has 0 atom stereocenters. The monoisotopic (exact) mass is 253 g/mol. The first-order valence-corrected chi connectivity index (χ1v) is 5.73. The topological polar surface area (TPSA) is 54.9 Å². The number of rotatable bonds is 3. The van der Waals surface area contributed by atoms with Gasteiger partial charge in [0.05, 0.1) is 12.1 Å². The fourth-order valence-electron chi connectivity index (χ4n) is 1.13. The van der Waals surface area contributed by atoms with Gasteiger partial charge in [0.1, 0.15) is 0 Å². The zero-order valence-electron chi connectivity index (χ0n) is 8.18. The molecule has 2 heterocycles. The Balaban J connectivity index is 1.94. The van der Waals surface area contributed by atoms with Crippen LogP contribution in [0.1, 0.15) is 15.2 Å². The van der Waals surface area contributed by atoms with Crippen molar-refractivity contribution in [1.82, 2.24) is 15.3 Å². The summed E-state index contributed by atoms with van der Waals surface area (Å²) in [6.45, 7) is 0.429. The number of halogens is 1. The van der Waals surface area contributed by atoms with Crippen LogP contribution in [0.2, 0.25) is 4.47 Å². The number of thiazole rings is 1. The van der Waals surface area contributed by atoms with E-state index in [2.05, 4.69) is 15.3 Å². The number of hydrogen-bond acceptors (Lipinski definition) is 4. The highest BCUT2D eigenvalue weighted by molar-refractivity contribution is 7.15. The zero-order chi connectivity index (χ0) is 11.4. The fourth-order valence-corrected chi connectivity index (χ4v) is 2.05. The molecule has 82 valence electrons. The van der Waals surface area contributed by atoms with Crippen molar-refractivity contribution in [2.75, 3.05) is 0 Å². The highest BCUT2D eigenvalue weighted by Gasteiger charge is 2.05. The molecule has 0 saturated heterocycles. The minimum Gasteiger partial charge on any atom is -0.347 e. The number of pyridine rings is 1. The number of amides is 1. The molecule has 2 rings (SSSR count). The molecule has 4 nitrogen and oxygen atoms in total. The summed E-state index contributed by atoms with van der Waals surface area (Å²) in [7, 11) is 0. The first-order valence-electron chi connectivity index (χ1n) is 4.54. The van der Waals surface area contributed by atoms with Crippen molar-refractivity contribution in [2.45, 2.75) is 6.54 Å². The van der Waals surface area contributed by atoms with Gasteiger partial charge in [-0.2, -0.15) is 0 Å². The molecule has 0 aromatic carbocycles. The van der Waals surface area contributed by atoms with Gasteiger partial charge in [0.15, 0.2) is 4.47 Å². The maximum Gasteiger partial charge on any atom is 0.253 e. The molecule has 0 aliphatic rings. The SMILES string of the molecule is O=C(NCc1cnc(Cl)s1)c1cccnc1. The molecule has 0 aliphatic carbocycles. The van der Waals surface area contributed by atoms with Crippen LogP contribution < -0.4 is 5.32 Å². The maximum atomic E-state index is 11.6. The van der Waals surface area contributed by atoms with Crippen LogP contribution in [0.15, 0.2) is 30.7 Å². The minimum absolute atomic E-state index is 0.155. The Morgan fingerprint density at radius 3 is 3.00 bits per heavy atom. The maximum absolute atomic E-state index is 11.6. The van der Waals surface area contributed by atoms with Gasteiger partial charge in [-0.05, 0) is 12.1 Å². The van der Waals surface area contributed by atoms with Crippen LogP contribution in [0.3, 0.4) is 0 Å². The summed E-state index contributed by atoms with van der Waals surface area (Å²) in [6.07, 6.45) is 4.80. The Morgan fingerprint density at radius 2 is 2.38 bits per heavy atom. The molecule has 0 fully saturated rings. The summed E-state index contributed by atoms with van der Waals surface area (Å²) in [5.41, 5.74) is 0.540. The molecule has 6 heteroatoms. The van der Waals surface area contributed by atoms with E-state index >= 15 is 0 Å². The van der Waals surface area contributed by atoms with Crippen LogP contribution in [0.25, 0.3) is 0 Å². The Bertz CT molecular complexity index is 486. The second-order valence-electron chi connectivity index (χ2n) is 3.00. The van der Waals surface area contributed by atoms with Gasteiger partial charge in [-0.3, -0.25) is 9.78 Å². The lowest BCUT2D eigenvalue weighted by molar-refractivity contribution is 0.0951. The lowest BCUT2D eigenvalue weighted by Crippen LogP contribution is -2.22. The lowest BCUT2D eigenvalue weighted by atomic mass is 10.3. The summed E-state index contributed by atoms with van der Waals surface area (Å²) in [4.78, 5) is 20.3. The summed E-state index contributed by atoms with van der Waals surface area (Å²) in [5.74, 6) is -0.155. The van der Waals surface area contributed by atoms with Gasteiger partial charge in [0, 0.05) is 23.5 Å². The highest BCUT2D eigenvalue weighted by Crippen LogP contribution is 2.17. The highest BCUT2D eigenvalue weighted by atomic mass is 35.5. The number of carbonyl (C=O) groups excluding carboxylic acids is 1. The number of nitrogens with zero attached hydrogens (tertiary/aromatic N) is 2. The third kappa shape index (κ3) is 2.77. The number of carbonyl (C=O) groups is 1. The van der Waals surface area contributed by atoms with E-state index < -0.39 is 0 Å². The van der Waals surface area contributed by atoms with Crippen LogP contribution in [0.5, 0.6) is 0 Å². The summed E-state index contributed by atoms with van der Waals surface area (Å²) >= 11 is 7.03. The van der Waals surface area contributed by atoms with Crippen LogP contribution >= 0.6 is 22.9 Å². The van der Waals surface area contributed by atoms with Crippen molar-refractivity contribution >= 4 is 28.8 Å².